The zero-order chi connectivity index (χ0) is 11.1. The van der Waals surface area contributed by atoms with E-state index in [9.17, 15) is 4.79 Å². The summed E-state index contributed by atoms with van der Waals surface area (Å²) in [6.45, 7) is -0.0796. The summed E-state index contributed by atoms with van der Waals surface area (Å²) in [6.07, 6.45) is 4.28. The molecule has 0 saturated heterocycles. The molecule has 4 nitrogen and oxygen atoms in total. The Labute approximate surface area is 87.5 Å². The van der Waals surface area contributed by atoms with Crippen molar-refractivity contribution in [2.75, 3.05) is 11.9 Å². The van der Waals surface area contributed by atoms with Gasteiger partial charge in [-0.25, -0.2) is 4.79 Å². The molecule has 1 aromatic carbocycles. The summed E-state index contributed by atoms with van der Waals surface area (Å²) >= 11 is 0. The molecule has 15 heavy (non-hydrogen) atoms. The van der Waals surface area contributed by atoms with E-state index in [4.69, 9.17) is 11.7 Å². The first-order valence-corrected chi connectivity index (χ1v) is 4.13. The highest BCUT2D eigenvalue weighted by Gasteiger charge is 2.02. The summed E-state index contributed by atoms with van der Waals surface area (Å²) < 4.78 is 4.60. The van der Waals surface area contributed by atoms with Gasteiger partial charge in [-0.3, -0.25) is 5.32 Å². The number of amides is 1. The van der Waals surface area contributed by atoms with Crippen molar-refractivity contribution in [3.63, 3.8) is 0 Å². The Bertz CT molecular complexity index is 441. The van der Waals surface area contributed by atoms with Crippen molar-refractivity contribution in [1.82, 2.24) is 0 Å². The molecular weight excluding hydrogens is 192 g/mol. The number of anilines is 1. The van der Waals surface area contributed by atoms with Gasteiger partial charge in [-0.1, -0.05) is 12.0 Å². The maximum atomic E-state index is 11.1. The van der Waals surface area contributed by atoms with Crippen LogP contribution in [0.25, 0.3) is 0 Å². The SMILES string of the molecule is C#CCOC(=O)Nc1cccc(C#N)c1. The van der Waals surface area contributed by atoms with E-state index in [1.54, 1.807) is 18.2 Å². The van der Waals surface area contributed by atoms with Gasteiger partial charge in [0.15, 0.2) is 6.61 Å². The minimum absolute atomic E-state index is 0.0796. The minimum Gasteiger partial charge on any atom is -0.436 e. The molecule has 1 N–H and O–H groups in total. The van der Waals surface area contributed by atoms with Gasteiger partial charge in [-0.15, -0.1) is 6.42 Å². The molecule has 0 aliphatic heterocycles. The summed E-state index contributed by atoms with van der Waals surface area (Å²) in [5.41, 5.74) is 0.959. The van der Waals surface area contributed by atoms with Crippen LogP contribution in [0.4, 0.5) is 10.5 Å². The van der Waals surface area contributed by atoms with Gasteiger partial charge in [0.2, 0.25) is 0 Å². The first kappa shape index (κ1) is 10.6. The Kier molecular flexibility index (Phi) is 3.76. The molecule has 0 aromatic heterocycles. The lowest BCUT2D eigenvalue weighted by Crippen LogP contribution is -2.13. The minimum atomic E-state index is -0.636. The number of rotatable bonds is 2. The fourth-order valence-corrected chi connectivity index (χ4v) is 0.928. The van der Waals surface area contributed by atoms with Crippen molar-refractivity contribution in [2.45, 2.75) is 0 Å². The van der Waals surface area contributed by atoms with Crippen molar-refractivity contribution < 1.29 is 9.53 Å². The Morgan fingerprint density at radius 3 is 3.07 bits per heavy atom. The summed E-state index contributed by atoms with van der Waals surface area (Å²) in [4.78, 5) is 11.1. The third-order valence-corrected chi connectivity index (χ3v) is 1.52. The second kappa shape index (κ2) is 5.31. The lowest BCUT2D eigenvalue weighted by atomic mass is 10.2. The van der Waals surface area contributed by atoms with Crippen molar-refractivity contribution >= 4 is 11.8 Å². The zero-order valence-electron chi connectivity index (χ0n) is 7.86. The average Bonchev–Trinajstić information content (AvgIpc) is 2.26. The lowest BCUT2D eigenvalue weighted by molar-refractivity contribution is 0.176. The van der Waals surface area contributed by atoms with E-state index in [0.717, 1.165) is 0 Å². The number of ether oxygens (including phenoxy) is 1. The van der Waals surface area contributed by atoms with Crippen molar-refractivity contribution in [3.8, 4) is 18.4 Å². The van der Waals surface area contributed by atoms with Gasteiger partial charge in [-0.05, 0) is 18.2 Å². The molecule has 0 atom stereocenters. The average molecular weight is 200 g/mol. The number of hydrogen-bond donors (Lipinski definition) is 1. The van der Waals surface area contributed by atoms with Crippen LogP contribution < -0.4 is 5.32 Å². The molecule has 0 aliphatic carbocycles. The molecule has 0 unspecified atom stereocenters. The lowest BCUT2D eigenvalue weighted by Gasteiger charge is -2.04. The van der Waals surface area contributed by atoms with Gasteiger partial charge in [0, 0.05) is 5.69 Å². The number of hydrogen-bond acceptors (Lipinski definition) is 3. The number of terminal acetylenes is 1. The van der Waals surface area contributed by atoms with Crippen LogP contribution >= 0.6 is 0 Å². The number of nitrogens with zero attached hydrogens (tertiary/aromatic N) is 1. The molecule has 4 heteroatoms. The second-order valence-corrected chi connectivity index (χ2v) is 2.60. The maximum absolute atomic E-state index is 11.1. The summed E-state index contributed by atoms with van der Waals surface area (Å²) in [6, 6.07) is 8.45. The first-order valence-electron chi connectivity index (χ1n) is 4.13. The molecule has 0 radical (unpaired) electrons. The monoisotopic (exact) mass is 200 g/mol. The van der Waals surface area contributed by atoms with Crippen LogP contribution in [0.1, 0.15) is 5.56 Å². The Morgan fingerprint density at radius 2 is 2.40 bits per heavy atom. The largest absolute Gasteiger partial charge is 0.436 e. The molecular formula is C11H8N2O2. The van der Waals surface area contributed by atoms with Gasteiger partial charge >= 0.3 is 6.09 Å². The van der Waals surface area contributed by atoms with Crippen molar-refractivity contribution in [1.29, 1.82) is 5.26 Å². The third-order valence-electron chi connectivity index (χ3n) is 1.52. The molecule has 1 amide bonds. The van der Waals surface area contributed by atoms with E-state index in [1.807, 2.05) is 6.07 Å². The molecule has 0 aliphatic rings. The fourth-order valence-electron chi connectivity index (χ4n) is 0.928. The Hall–Kier alpha value is -2.46. The van der Waals surface area contributed by atoms with Crippen LogP contribution in [0.15, 0.2) is 24.3 Å². The highest BCUT2D eigenvalue weighted by molar-refractivity contribution is 5.84. The van der Waals surface area contributed by atoms with E-state index in [0.29, 0.717) is 11.3 Å². The third kappa shape index (κ3) is 3.41. The fraction of sp³-hybridized carbons (Fsp3) is 0.0909. The predicted octanol–water partition coefficient (Wildman–Crippen LogP) is 1.74. The van der Waals surface area contributed by atoms with E-state index >= 15 is 0 Å². The van der Waals surface area contributed by atoms with Crippen LogP contribution in [0.5, 0.6) is 0 Å². The molecule has 0 fully saturated rings. The normalized spacial score (nSPS) is 8.40. The molecule has 74 valence electrons. The number of benzene rings is 1. The topological polar surface area (TPSA) is 62.1 Å². The number of carbonyl (C=O) groups excluding carboxylic acids is 1. The van der Waals surface area contributed by atoms with Crippen LogP contribution in [0.2, 0.25) is 0 Å². The Balaban J connectivity index is 2.62. The zero-order valence-corrected chi connectivity index (χ0v) is 7.86. The number of carbonyl (C=O) groups is 1. The Morgan fingerprint density at radius 1 is 1.60 bits per heavy atom. The molecule has 0 spiro atoms. The molecule has 0 saturated carbocycles. The second-order valence-electron chi connectivity index (χ2n) is 2.60. The molecule has 0 heterocycles. The molecule has 0 bridgehead atoms. The van der Waals surface area contributed by atoms with E-state index < -0.39 is 6.09 Å². The van der Waals surface area contributed by atoms with E-state index in [-0.39, 0.29) is 6.61 Å². The maximum Gasteiger partial charge on any atom is 0.412 e. The summed E-state index contributed by atoms with van der Waals surface area (Å²) in [5.74, 6) is 2.17. The number of nitrogens with one attached hydrogen (secondary N) is 1. The van der Waals surface area contributed by atoms with Gasteiger partial charge < -0.3 is 4.74 Å². The summed E-state index contributed by atoms with van der Waals surface area (Å²) in [7, 11) is 0. The quantitative estimate of drug-likeness (QED) is 0.739. The van der Waals surface area contributed by atoms with Gasteiger partial charge in [0.25, 0.3) is 0 Å². The van der Waals surface area contributed by atoms with Crippen LogP contribution in [-0.2, 0) is 4.74 Å². The van der Waals surface area contributed by atoms with Crippen LogP contribution in [0.3, 0.4) is 0 Å². The smallest absolute Gasteiger partial charge is 0.412 e. The van der Waals surface area contributed by atoms with Gasteiger partial charge in [-0.2, -0.15) is 5.26 Å². The predicted molar refractivity (Wildman–Crippen MR) is 55.0 cm³/mol. The molecule has 1 aromatic rings. The van der Waals surface area contributed by atoms with Crippen LogP contribution in [0, 0.1) is 23.7 Å². The highest BCUT2D eigenvalue weighted by atomic mass is 16.5. The van der Waals surface area contributed by atoms with Crippen molar-refractivity contribution in [3.05, 3.63) is 29.8 Å². The van der Waals surface area contributed by atoms with E-state index in [2.05, 4.69) is 16.0 Å². The molecule has 1 rings (SSSR count). The van der Waals surface area contributed by atoms with Crippen molar-refractivity contribution in [2.24, 2.45) is 0 Å². The summed E-state index contributed by atoms with van der Waals surface area (Å²) in [5, 5.41) is 11.1. The standard InChI is InChI=1S/C11H8N2O2/c1-2-6-15-11(14)13-10-5-3-4-9(7-10)8-12/h1,3-5,7H,6H2,(H,13,14). The van der Waals surface area contributed by atoms with Gasteiger partial charge in [0.1, 0.15) is 0 Å². The highest BCUT2D eigenvalue weighted by Crippen LogP contribution is 2.09. The van der Waals surface area contributed by atoms with E-state index in [1.165, 1.54) is 6.07 Å². The van der Waals surface area contributed by atoms with Gasteiger partial charge in [0.05, 0.1) is 11.6 Å². The number of nitriles is 1. The van der Waals surface area contributed by atoms with Crippen LogP contribution in [-0.4, -0.2) is 12.7 Å². The first-order chi connectivity index (χ1) is 7.26.